The van der Waals surface area contributed by atoms with Crippen molar-refractivity contribution in [3.63, 3.8) is 0 Å². The Balaban J connectivity index is 2.63. The van der Waals surface area contributed by atoms with Crippen LogP contribution in [0.15, 0.2) is 42.5 Å². The number of anilines is 1. The molecule has 0 saturated heterocycles. The molecule has 2 rings (SSSR count). The fraction of sp³-hybridized carbons (Fsp3) is 0.250. The van der Waals surface area contributed by atoms with Gasteiger partial charge < -0.3 is 9.64 Å². The zero-order valence-electron chi connectivity index (χ0n) is 11.5. The van der Waals surface area contributed by atoms with Gasteiger partial charge >= 0.3 is 0 Å². The molecule has 0 spiro atoms. The summed E-state index contributed by atoms with van der Waals surface area (Å²) in [6.45, 7) is 2.63. The van der Waals surface area contributed by atoms with Crippen LogP contribution in [-0.2, 0) is 0 Å². The summed E-state index contributed by atoms with van der Waals surface area (Å²) in [5.74, 6) is 0.880. The van der Waals surface area contributed by atoms with Crippen LogP contribution in [0.4, 0.5) is 5.69 Å². The fourth-order valence-electron chi connectivity index (χ4n) is 2.15. The zero-order chi connectivity index (χ0) is 13.8. The van der Waals surface area contributed by atoms with Crippen molar-refractivity contribution in [3.8, 4) is 16.9 Å². The van der Waals surface area contributed by atoms with Gasteiger partial charge in [-0.2, -0.15) is 0 Å². The number of rotatable bonds is 4. The van der Waals surface area contributed by atoms with Gasteiger partial charge in [0.1, 0.15) is 5.75 Å². The first-order valence-corrected chi connectivity index (χ1v) is 6.71. The summed E-state index contributed by atoms with van der Waals surface area (Å²) in [7, 11) is 4.02. The highest BCUT2D eigenvalue weighted by atomic mass is 35.5. The van der Waals surface area contributed by atoms with Crippen molar-refractivity contribution in [1.29, 1.82) is 0 Å². The SMILES string of the molecule is CCOc1cccc(-c2ccccc2Cl)c1N(C)C. The van der Waals surface area contributed by atoms with Crippen LogP contribution in [0.25, 0.3) is 11.1 Å². The van der Waals surface area contributed by atoms with E-state index in [-0.39, 0.29) is 0 Å². The van der Waals surface area contributed by atoms with Gasteiger partial charge in [0.15, 0.2) is 0 Å². The molecule has 0 atom stereocenters. The molecule has 2 aromatic carbocycles. The molecule has 0 aliphatic heterocycles. The lowest BCUT2D eigenvalue weighted by Gasteiger charge is -2.22. The van der Waals surface area contributed by atoms with E-state index in [1.54, 1.807) is 0 Å². The topological polar surface area (TPSA) is 12.5 Å². The van der Waals surface area contributed by atoms with E-state index in [4.69, 9.17) is 16.3 Å². The van der Waals surface area contributed by atoms with Gasteiger partial charge in [-0.25, -0.2) is 0 Å². The molecule has 0 fully saturated rings. The van der Waals surface area contributed by atoms with Gasteiger partial charge in [0.25, 0.3) is 0 Å². The lowest BCUT2D eigenvalue weighted by molar-refractivity contribution is 0.341. The minimum Gasteiger partial charge on any atom is -0.492 e. The molecule has 0 aromatic heterocycles. The summed E-state index contributed by atoms with van der Waals surface area (Å²) in [6.07, 6.45) is 0. The summed E-state index contributed by atoms with van der Waals surface area (Å²) in [4.78, 5) is 2.06. The van der Waals surface area contributed by atoms with Gasteiger partial charge in [0.2, 0.25) is 0 Å². The largest absolute Gasteiger partial charge is 0.492 e. The Morgan fingerprint density at radius 1 is 1.00 bits per heavy atom. The summed E-state index contributed by atoms with van der Waals surface area (Å²) in [5.41, 5.74) is 3.16. The van der Waals surface area contributed by atoms with Gasteiger partial charge in [-0.15, -0.1) is 0 Å². The number of hydrogen-bond donors (Lipinski definition) is 0. The van der Waals surface area contributed by atoms with Gasteiger partial charge in [-0.1, -0.05) is 41.9 Å². The van der Waals surface area contributed by atoms with Crippen LogP contribution < -0.4 is 9.64 Å². The average Bonchev–Trinajstić information content (AvgIpc) is 2.39. The molecule has 0 unspecified atom stereocenters. The van der Waals surface area contributed by atoms with Crippen molar-refractivity contribution in [2.24, 2.45) is 0 Å². The highest BCUT2D eigenvalue weighted by molar-refractivity contribution is 6.33. The maximum absolute atomic E-state index is 6.31. The Labute approximate surface area is 119 Å². The molecule has 0 bridgehead atoms. The van der Waals surface area contributed by atoms with Gasteiger partial charge in [0.05, 0.1) is 12.3 Å². The average molecular weight is 276 g/mol. The van der Waals surface area contributed by atoms with E-state index in [9.17, 15) is 0 Å². The van der Waals surface area contributed by atoms with Crippen LogP contribution in [0.2, 0.25) is 5.02 Å². The highest BCUT2D eigenvalue weighted by Crippen LogP contribution is 2.40. The first kappa shape index (κ1) is 13.8. The quantitative estimate of drug-likeness (QED) is 0.816. The lowest BCUT2D eigenvalue weighted by atomic mass is 10.0. The third-order valence-electron chi connectivity index (χ3n) is 2.91. The summed E-state index contributed by atoms with van der Waals surface area (Å²) >= 11 is 6.31. The van der Waals surface area contributed by atoms with Gasteiger partial charge in [-0.05, 0) is 19.1 Å². The third-order valence-corrected chi connectivity index (χ3v) is 3.24. The second-order valence-corrected chi connectivity index (χ2v) is 4.87. The molecule has 100 valence electrons. The standard InChI is InChI=1S/C16H18ClNO/c1-4-19-15-11-7-9-13(16(15)18(2)3)12-8-5-6-10-14(12)17/h5-11H,4H2,1-3H3. The predicted octanol–water partition coefficient (Wildman–Crippen LogP) is 4.47. The van der Waals surface area contributed by atoms with E-state index >= 15 is 0 Å². The van der Waals surface area contributed by atoms with Gasteiger partial charge in [-0.3, -0.25) is 0 Å². The number of nitrogens with zero attached hydrogens (tertiary/aromatic N) is 1. The number of hydrogen-bond acceptors (Lipinski definition) is 2. The molecular weight excluding hydrogens is 258 g/mol. The minimum absolute atomic E-state index is 0.646. The van der Waals surface area contributed by atoms with Crippen LogP contribution in [0.1, 0.15) is 6.92 Å². The van der Waals surface area contributed by atoms with Crippen LogP contribution in [0.5, 0.6) is 5.75 Å². The van der Waals surface area contributed by atoms with Crippen molar-refractivity contribution < 1.29 is 4.74 Å². The Morgan fingerprint density at radius 2 is 1.68 bits per heavy atom. The molecule has 19 heavy (non-hydrogen) atoms. The second-order valence-electron chi connectivity index (χ2n) is 4.46. The predicted molar refractivity (Wildman–Crippen MR) is 82.4 cm³/mol. The first-order valence-electron chi connectivity index (χ1n) is 6.33. The Morgan fingerprint density at radius 3 is 2.32 bits per heavy atom. The van der Waals surface area contributed by atoms with Crippen molar-refractivity contribution >= 4 is 17.3 Å². The number of halogens is 1. The van der Waals surface area contributed by atoms with Crippen LogP contribution in [0.3, 0.4) is 0 Å². The molecular formula is C16H18ClNO. The van der Waals surface area contributed by atoms with Crippen LogP contribution in [-0.4, -0.2) is 20.7 Å². The van der Waals surface area contributed by atoms with Crippen molar-refractivity contribution in [2.75, 3.05) is 25.6 Å². The van der Waals surface area contributed by atoms with E-state index in [1.807, 2.05) is 57.4 Å². The molecule has 0 heterocycles. The molecule has 0 aliphatic carbocycles. The second kappa shape index (κ2) is 5.98. The molecule has 0 aliphatic rings. The molecule has 0 N–H and O–H groups in total. The maximum Gasteiger partial charge on any atom is 0.143 e. The number of benzene rings is 2. The van der Waals surface area contributed by atoms with E-state index in [1.165, 1.54) is 0 Å². The monoisotopic (exact) mass is 275 g/mol. The highest BCUT2D eigenvalue weighted by Gasteiger charge is 2.14. The van der Waals surface area contributed by atoms with E-state index < -0.39 is 0 Å². The molecule has 0 saturated carbocycles. The first-order chi connectivity index (χ1) is 9.15. The maximum atomic E-state index is 6.31. The van der Waals surface area contributed by atoms with E-state index in [0.717, 1.165) is 27.6 Å². The molecule has 2 aromatic rings. The van der Waals surface area contributed by atoms with Crippen LogP contribution >= 0.6 is 11.6 Å². The smallest absolute Gasteiger partial charge is 0.143 e. The lowest BCUT2D eigenvalue weighted by Crippen LogP contribution is -2.12. The summed E-state index contributed by atoms with van der Waals surface area (Å²) in [5, 5.41) is 0.749. The van der Waals surface area contributed by atoms with Crippen LogP contribution in [0, 0.1) is 0 Å². The van der Waals surface area contributed by atoms with Crippen molar-refractivity contribution in [3.05, 3.63) is 47.5 Å². The van der Waals surface area contributed by atoms with E-state index in [2.05, 4.69) is 11.0 Å². The number of para-hydroxylation sites is 1. The molecule has 3 heteroatoms. The normalized spacial score (nSPS) is 10.3. The fourth-order valence-corrected chi connectivity index (χ4v) is 2.39. The summed E-state index contributed by atoms with van der Waals surface area (Å²) < 4.78 is 5.72. The molecule has 0 amide bonds. The molecule has 2 nitrogen and oxygen atoms in total. The van der Waals surface area contributed by atoms with Crippen molar-refractivity contribution in [1.82, 2.24) is 0 Å². The Bertz CT molecular complexity index is 566. The van der Waals surface area contributed by atoms with Crippen molar-refractivity contribution in [2.45, 2.75) is 6.92 Å². The van der Waals surface area contributed by atoms with Gasteiger partial charge in [0, 0.05) is 30.2 Å². The Hall–Kier alpha value is -1.67. The number of ether oxygens (including phenoxy) is 1. The summed E-state index contributed by atoms with van der Waals surface area (Å²) in [6, 6.07) is 13.9. The Kier molecular flexibility index (Phi) is 4.33. The third kappa shape index (κ3) is 2.85. The molecule has 0 radical (unpaired) electrons. The van der Waals surface area contributed by atoms with E-state index in [0.29, 0.717) is 6.61 Å². The zero-order valence-corrected chi connectivity index (χ0v) is 12.2. The minimum atomic E-state index is 0.646.